The lowest BCUT2D eigenvalue weighted by atomic mass is 10.2. The van der Waals surface area contributed by atoms with E-state index in [0.717, 1.165) is 0 Å². The molecule has 8 heteroatoms. The first-order valence-electron chi connectivity index (χ1n) is 7.73. The van der Waals surface area contributed by atoms with Crippen molar-refractivity contribution in [2.45, 2.75) is 13.0 Å². The molecule has 0 fully saturated rings. The van der Waals surface area contributed by atoms with Gasteiger partial charge in [-0.15, -0.1) is 0 Å². The van der Waals surface area contributed by atoms with Crippen molar-refractivity contribution in [3.63, 3.8) is 0 Å². The number of benzene rings is 2. The van der Waals surface area contributed by atoms with E-state index in [1.807, 2.05) is 0 Å². The van der Waals surface area contributed by atoms with Gasteiger partial charge in [0.25, 0.3) is 5.91 Å². The van der Waals surface area contributed by atoms with Crippen LogP contribution in [0.4, 0.5) is 5.69 Å². The number of ether oxygens (including phenoxy) is 4. The molecular weight excluding hydrogens is 406 g/mol. The quantitative estimate of drug-likeness (QED) is 0.745. The predicted molar refractivity (Wildman–Crippen MR) is 96.8 cm³/mol. The summed E-state index contributed by atoms with van der Waals surface area (Å²) in [5, 5.41) is 2.68. The van der Waals surface area contributed by atoms with E-state index in [0.29, 0.717) is 27.4 Å². The highest BCUT2D eigenvalue weighted by atomic mass is 79.9. The number of amides is 1. The van der Waals surface area contributed by atoms with Crippen molar-refractivity contribution >= 4 is 33.5 Å². The van der Waals surface area contributed by atoms with Gasteiger partial charge in [-0.3, -0.25) is 4.79 Å². The molecule has 0 aromatic heterocycles. The molecule has 2 aromatic carbocycles. The summed E-state index contributed by atoms with van der Waals surface area (Å²) < 4.78 is 21.4. The van der Waals surface area contributed by atoms with Gasteiger partial charge in [-0.2, -0.15) is 0 Å². The molecule has 1 aliphatic heterocycles. The van der Waals surface area contributed by atoms with Crippen molar-refractivity contribution in [2.24, 2.45) is 0 Å². The van der Waals surface area contributed by atoms with Gasteiger partial charge in [0.05, 0.1) is 12.7 Å². The van der Waals surface area contributed by atoms with E-state index in [4.69, 9.17) is 18.9 Å². The fourth-order valence-electron chi connectivity index (χ4n) is 2.28. The number of carbonyl (C=O) groups is 2. The monoisotopic (exact) mass is 421 g/mol. The first kappa shape index (κ1) is 18.1. The largest absolute Gasteiger partial charge is 0.497 e. The van der Waals surface area contributed by atoms with Crippen LogP contribution >= 0.6 is 15.9 Å². The molecule has 2 aromatic rings. The molecule has 0 bridgehead atoms. The smallest absolute Gasteiger partial charge is 0.340 e. The molecule has 1 amide bonds. The SMILES string of the molecule is COc1ccc(Br)c(C(=O)OC(C)C(=O)Nc2ccc3c(c2)OCO3)c1. The summed E-state index contributed by atoms with van der Waals surface area (Å²) in [5.41, 5.74) is 0.789. The second-order valence-electron chi connectivity index (χ2n) is 5.45. The van der Waals surface area contributed by atoms with Crippen LogP contribution in [-0.4, -0.2) is 31.9 Å². The van der Waals surface area contributed by atoms with Crippen molar-refractivity contribution in [3.8, 4) is 17.2 Å². The first-order valence-corrected chi connectivity index (χ1v) is 8.52. The van der Waals surface area contributed by atoms with Gasteiger partial charge in [-0.1, -0.05) is 0 Å². The molecule has 1 N–H and O–H groups in total. The van der Waals surface area contributed by atoms with Crippen LogP contribution in [0.2, 0.25) is 0 Å². The summed E-state index contributed by atoms with van der Waals surface area (Å²) in [7, 11) is 1.50. The number of rotatable bonds is 5. The molecule has 1 aliphatic rings. The lowest BCUT2D eigenvalue weighted by Gasteiger charge is -2.14. The standard InChI is InChI=1S/C18H16BrNO6/c1-10(26-18(22)13-8-12(23-2)4-5-14(13)19)17(21)20-11-3-6-15-16(7-11)25-9-24-15/h3-8,10H,9H2,1-2H3,(H,20,21). The maximum Gasteiger partial charge on any atom is 0.340 e. The van der Waals surface area contributed by atoms with E-state index in [-0.39, 0.29) is 12.4 Å². The Hall–Kier alpha value is -2.74. The Labute approximate surface area is 158 Å². The maximum atomic E-state index is 12.3. The number of hydrogen-bond acceptors (Lipinski definition) is 6. The molecule has 136 valence electrons. The van der Waals surface area contributed by atoms with E-state index in [9.17, 15) is 9.59 Å². The van der Waals surface area contributed by atoms with Crippen molar-refractivity contribution in [1.29, 1.82) is 0 Å². The van der Waals surface area contributed by atoms with Gasteiger partial charge in [0.2, 0.25) is 6.79 Å². The van der Waals surface area contributed by atoms with Crippen LogP contribution in [0, 0.1) is 0 Å². The molecular formula is C18H16BrNO6. The number of carbonyl (C=O) groups excluding carboxylic acids is 2. The molecule has 7 nitrogen and oxygen atoms in total. The molecule has 1 atom stereocenters. The van der Waals surface area contributed by atoms with Gasteiger partial charge >= 0.3 is 5.97 Å². The van der Waals surface area contributed by atoms with E-state index in [1.165, 1.54) is 20.1 Å². The Bertz CT molecular complexity index is 854. The third-order valence-corrected chi connectivity index (χ3v) is 4.38. The number of nitrogens with one attached hydrogen (secondary N) is 1. The second-order valence-corrected chi connectivity index (χ2v) is 6.30. The summed E-state index contributed by atoms with van der Waals surface area (Å²) in [6, 6.07) is 9.94. The van der Waals surface area contributed by atoms with Crippen LogP contribution < -0.4 is 19.5 Å². The highest BCUT2D eigenvalue weighted by Crippen LogP contribution is 2.34. The van der Waals surface area contributed by atoms with E-state index < -0.39 is 18.0 Å². The maximum absolute atomic E-state index is 12.3. The number of esters is 1. The van der Waals surface area contributed by atoms with Gasteiger partial charge in [0.15, 0.2) is 17.6 Å². The highest BCUT2D eigenvalue weighted by Gasteiger charge is 2.22. The minimum atomic E-state index is -0.994. The summed E-state index contributed by atoms with van der Waals surface area (Å²) in [5.74, 6) is 0.580. The minimum absolute atomic E-state index is 0.149. The molecule has 0 spiro atoms. The van der Waals surface area contributed by atoms with E-state index in [2.05, 4.69) is 21.2 Å². The number of anilines is 1. The number of hydrogen-bond donors (Lipinski definition) is 1. The van der Waals surface area contributed by atoms with E-state index >= 15 is 0 Å². The highest BCUT2D eigenvalue weighted by molar-refractivity contribution is 9.10. The van der Waals surface area contributed by atoms with Crippen LogP contribution in [0.15, 0.2) is 40.9 Å². The van der Waals surface area contributed by atoms with Crippen molar-refractivity contribution in [1.82, 2.24) is 0 Å². The van der Waals surface area contributed by atoms with Gasteiger partial charge in [0.1, 0.15) is 5.75 Å². The van der Waals surface area contributed by atoms with Crippen molar-refractivity contribution in [2.75, 3.05) is 19.2 Å². The fraction of sp³-hybridized carbons (Fsp3) is 0.222. The summed E-state index contributed by atoms with van der Waals surface area (Å²) in [4.78, 5) is 24.6. The van der Waals surface area contributed by atoms with Crippen LogP contribution in [0.1, 0.15) is 17.3 Å². The lowest BCUT2D eigenvalue weighted by molar-refractivity contribution is -0.123. The average molecular weight is 422 g/mol. The fourth-order valence-corrected chi connectivity index (χ4v) is 2.69. The van der Waals surface area contributed by atoms with Gasteiger partial charge in [-0.25, -0.2) is 4.79 Å². The van der Waals surface area contributed by atoms with Crippen molar-refractivity contribution in [3.05, 3.63) is 46.4 Å². The summed E-state index contributed by atoms with van der Waals surface area (Å²) in [6.07, 6.45) is -0.994. The third kappa shape index (κ3) is 3.91. The van der Waals surface area contributed by atoms with Gasteiger partial charge in [-0.05, 0) is 53.2 Å². The Morgan fingerprint density at radius 1 is 1.15 bits per heavy atom. The zero-order chi connectivity index (χ0) is 18.7. The Balaban J connectivity index is 1.64. The Morgan fingerprint density at radius 3 is 2.69 bits per heavy atom. The molecule has 0 aliphatic carbocycles. The van der Waals surface area contributed by atoms with E-state index in [1.54, 1.807) is 30.3 Å². The first-order chi connectivity index (χ1) is 12.5. The molecule has 0 radical (unpaired) electrons. The predicted octanol–water partition coefficient (Wildman–Crippen LogP) is 3.37. The van der Waals surface area contributed by atoms with Crippen LogP contribution in [0.5, 0.6) is 17.2 Å². The number of fused-ring (bicyclic) bond motifs is 1. The van der Waals surface area contributed by atoms with Gasteiger partial charge < -0.3 is 24.3 Å². The lowest BCUT2D eigenvalue weighted by Crippen LogP contribution is -2.30. The zero-order valence-corrected chi connectivity index (χ0v) is 15.7. The molecule has 26 heavy (non-hydrogen) atoms. The van der Waals surface area contributed by atoms with Crippen molar-refractivity contribution < 1.29 is 28.5 Å². The van der Waals surface area contributed by atoms with Crippen LogP contribution in [0.3, 0.4) is 0 Å². The molecule has 0 saturated heterocycles. The molecule has 0 saturated carbocycles. The summed E-state index contributed by atoms with van der Waals surface area (Å²) >= 11 is 3.29. The van der Waals surface area contributed by atoms with Gasteiger partial charge in [0, 0.05) is 16.2 Å². The molecule has 3 rings (SSSR count). The zero-order valence-electron chi connectivity index (χ0n) is 14.1. The van der Waals surface area contributed by atoms with Crippen LogP contribution in [0.25, 0.3) is 0 Å². The average Bonchev–Trinajstić information content (AvgIpc) is 3.09. The normalized spacial score (nSPS) is 13.0. The molecule has 1 heterocycles. The topological polar surface area (TPSA) is 83.1 Å². The number of methoxy groups -OCH3 is 1. The second kappa shape index (κ2) is 7.65. The van der Waals surface area contributed by atoms with Crippen LogP contribution in [-0.2, 0) is 9.53 Å². The Morgan fingerprint density at radius 2 is 1.92 bits per heavy atom. The minimum Gasteiger partial charge on any atom is -0.497 e. The Kier molecular flexibility index (Phi) is 5.32. The summed E-state index contributed by atoms with van der Waals surface area (Å²) in [6.45, 7) is 1.64. The third-order valence-electron chi connectivity index (χ3n) is 3.69. The molecule has 1 unspecified atom stereocenters. The number of halogens is 1.